The number of halogens is 2. The fraction of sp³-hybridized carbons (Fsp3) is 0.435. The Morgan fingerprint density at radius 2 is 1.82 bits per heavy atom. The van der Waals surface area contributed by atoms with Crippen LogP contribution in [0.5, 0.6) is 17.2 Å². The van der Waals surface area contributed by atoms with Gasteiger partial charge in [0.2, 0.25) is 15.7 Å². The molecule has 0 aliphatic carbocycles. The molecule has 1 fully saturated rings. The zero-order chi connectivity index (χ0) is 24.1. The number of alkyl halides is 2. The first-order chi connectivity index (χ1) is 16.2. The topological polar surface area (TPSA) is 80.7 Å². The average Bonchev–Trinajstić information content (AvgIpc) is 3.25. The van der Waals surface area contributed by atoms with Crippen molar-refractivity contribution in [1.29, 1.82) is 0 Å². The molecule has 0 saturated carbocycles. The number of hydrogen-bond acceptors (Lipinski definition) is 7. The summed E-state index contributed by atoms with van der Waals surface area (Å²) in [6.45, 7) is -2.39. The lowest BCUT2D eigenvalue weighted by Crippen LogP contribution is -2.59. The maximum absolute atomic E-state index is 13.0. The molecular formula is C23H25F2N3O5S. The Hall–Kier alpha value is -2.92. The fourth-order valence-corrected chi connectivity index (χ4v) is 5.84. The van der Waals surface area contributed by atoms with Gasteiger partial charge in [0.25, 0.3) is 0 Å². The molecule has 34 heavy (non-hydrogen) atoms. The van der Waals surface area contributed by atoms with Crippen molar-refractivity contribution in [2.45, 2.75) is 37.6 Å². The summed E-state index contributed by atoms with van der Waals surface area (Å²) in [5.41, 5.74) is 1.07. The molecule has 3 aliphatic rings. The van der Waals surface area contributed by atoms with E-state index in [1.54, 1.807) is 25.3 Å². The van der Waals surface area contributed by atoms with Gasteiger partial charge in [-0.1, -0.05) is 24.3 Å². The molecule has 2 aromatic rings. The molecule has 1 saturated heterocycles. The number of sulfonamides is 1. The van der Waals surface area contributed by atoms with E-state index in [1.807, 2.05) is 23.2 Å². The third-order valence-corrected chi connectivity index (χ3v) is 7.90. The largest absolute Gasteiger partial charge is 0.493 e. The van der Waals surface area contributed by atoms with E-state index in [9.17, 15) is 17.2 Å². The molecule has 5 rings (SSSR count). The molecule has 0 N–H and O–H groups in total. The number of hydrazone groups is 1. The highest BCUT2D eigenvalue weighted by Crippen LogP contribution is 2.53. The molecule has 3 heterocycles. The number of fused-ring (bicyclic) bond motifs is 4. The van der Waals surface area contributed by atoms with Gasteiger partial charge >= 0.3 is 6.61 Å². The normalized spacial score (nSPS) is 21.6. The van der Waals surface area contributed by atoms with Gasteiger partial charge < -0.3 is 14.2 Å². The summed E-state index contributed by atoms with van der Waals surface area (Å²) in [4.78, 5) is 0. The molecule has 1 atom stereocenters. The highest BCUT2D eigenvalue weighted by molar-refractivity contribution is 7.88. The van der Waals surface area contributed by atoms with Crippen molar-refractivity contribution in [3.8, 4) is 17.2 Å². The molecule has 0 amide bonds. The van der Waals surface area contributed by atoms with E-state index < -0.39 is 22.4 Å². The Bertz CT molecular complexity index is 1230. The van der Waals surface area contributed by atoms with Crippen LogP contribution in [-0.4, -0.2) is 62.2 Å². The Balaban J connectivity index is 1.57. The summed E-state index contributed by atoms with van der Waals surface area (Å²) in [5.74, 6) is 1.24. The number of hydrogen-bond donors (Lipinski definition) is 0. The van der Waals surface area contributed by atoms with Crippen molar-refractivity contribution in [2.75, 3.05) is 26.5 Å². The summed E-state index contributed by atoms with van der Waals surface area (Å²) < 4.78 is 68.5. The lowest BCUT2D eigenvalue weighted by molar-refractivity contribution is -0.144. The number of methoxy groups -OCH3 is 1. The van der Waals surface area contributed by atoms with E-state index in [2.05, 4.69) is 0 Å². The molecular weight excluding hydrogens is 468 g/mol. The van der Waals surface area contributed by atoms with Crippen molar-refractivity contribution >= 4 is 15.7 Å². The molecule has 0 aromatic heterocycles. The number of benzene rings is 2. The number of ether oxygens (including phenoxy) is 3. The van der Waals surface area contributed by atoms with Crippen LogP contribution < -0.4 is 14.2 Å². The van der Waals surface area contributed by atoms with E-state index in [1.165, 1.54) is 16.6 Å². The SMILES string of the molecule is COc1cccc2c1OC1(CCN(S(C)(=O)=O)CC1)N1N=C(c3ccccc3OC(F)F)C[C@@H]21. The first-order valence-corrected chi connectivity index (χ1v) is 12.8. The average molecular weight is 494 g/mol. The van der Waals surface area contributed by atoms with E-state index >= 15 is 0 Å². The summed E-state index contributed by atoms with van der Waals surface area (Å²) in [6.07, 6.45) is 2.42. The zero-order valence-corrected chi connectivity index (χ0v) is 19.6. The van der Waals surface area contributed by atoms with Crippen molar-refractivity contribution < 1.29 is 31.4 Å². The van der Waals surface area contributed by atoms with E-state index in [0.29, 0.717) is 42.0 Å². The third kappa shape index (κ3) is 3.86. The zero-order valence-electron chi connectivity index (χ0n) is 18.8. The predicted octanol–water partition coefficient (Wildman–Crippen LogP) is 3.59. The van der Waals surface area contributed by atoms with E-state index in [4.69, 9.17) is 19.3 Å². The molecule has 1 spiro atoms. The highest BCUT2D eigenvalue weighted by Gasteiger charge is 2.53. The number of nitrogens with zero attached hydrogens (tertiary/aromatic N) is 3. The second-order valence-corrected chi connectivity index (χ2v) is 10.6. The number of para-hydroxylation sites is 2. The minimum absolute atomic E-state index is 0.0591. The maximum Gasteiger partial charge on any atom is 0.387 e. The molecule has 11 heteroatoms. The van der Waals surface area contributed by atoms with E-state index in [-0.39, 0.29) is 24.9 Å². The Morgan fingerprint density at radius 1 is 1.12 bits per heavy atom. The second-order valence-electron chi connectivity index (χ2n) is 8.57. The van der Waals surface area contributed by atoms with Gasteiger partial charge in [-0.2, -0.15) is 13.9 Å². The third-order valence-electron chi connectivity index (χ3n) is 6.59. The van der Waals surface area contributed by atoms with Gasteiger partial charge in [0.15, 0.2) is 11.5 Å². The van der Waals surface area contributed by atoms with Gasteiger partial charge in [0.1, 0.15) is 5.75 Å². The van der Waals surface area contributed by atoms with Gasteiger partial charge in [0, 0.05) is 43.5 Å². The minimum Gasteiger partial charge on any atom is -0.493 e. The smallest absolute Gasteiger partial charge is 0.387 e. The minimum atomic E-state index is -3.34. The molecule has 182 valence electrons. The predicted molar refractivity (Wildman–Crippen MR) is 121 cm³/mol. The van der Waals surface area contributed by atoms with Crippen molar-refractivity contribution in [3.05, 3.63) is 53.6 Å². The van der Waals surface area contributed by atoms with Crippen molar-refractivity contribution in [2.24, 2.45) is 5.10 Å². The van der Waals surface area contributed by atoms with Crippen molar-refractivity contribution in [3.63, 3.8) is 0 Å². The summed E-state index contributed by atoms with van der Waals surface area (Å²) in [6, 6.07) is 12.0. The molecule has 0 bridgehead atoms. The standard InChI is InChI=1S/C23H25F2N3O5S/c1-31-20-9-5-7-16-18-14-17(15-6-3-4-8-19(15)32-22(24)25)26-28(18)23(33-21(16)20)10-12-27(13-11-23)34(2,29)30/h3-9,18,22H,10-14H2,1-2H3/t18-/m0/s1. The maximum atomic E-state index is 13.0. The monoisotopic (exact) mass is 493 g/mol. The van der Waals surface area contributed by atoms with Crippen LogP contribution in [0.3, 0.4) is 0 Å². The van der Waals surface area contributed by atoms with Crippen LogP contribution in [0.4, 0.5) is 8.78 Å². The van der Waals surface area contributed by atoms with Gasteiger partial charge in [-0.3, -0.25) is 0 Å². The molecule has 2 aromatic carbocycles. The van der Waals surface area contributed by atoms with Gasteiger partial charge in [-0.05, 0) is 18.2 Å². The summed E-state index contributed by atoms with van der Waals surface area (Å²) in [5, 5.41) is 6.74. The Kier molecular flexibility index (Phi) is 5.64. The second kappa shape index (κ2) is 8.38. The lowest BCUT2D eigenvalue weighted by Gasteiger charge is -2.50. The van der Waals surface area contributed by atoms with Crippen LogP contribution >= 0.6 is 0 Å². The highest BCUT2D eigenvalue weighted by atomic mass is 32.2. The first kappa shape index (κ1) is 22.9. The Morgan fingerprint density at radius 3 is 2.50 bits per heavy atom. The molecule has 0 unspecified atom stereocenters. The van der Waals surface area contributed by atoms with Crippen LogP contribution in [0.1, 0.15) is 36.4 Å². The fourth-order valence-electron chi connectivity index (χ4n) is 4.99. The molecule has 3 aliphatic heterocycles. The van der Waals surface area contributed by atoms with Gasteiger partial charge in [-0.25, -0.2) is 17.7 Å². The van der Waals surface area contributed by atoms with Crippen molar-refractivity contribution in [1.82, 2.24) is 9.31 Å². The summed E-state index contributed by atoms with van der Waals surface area (Å²) in [7, 11) is -1.77. The van der Waals surface area contributed by atoms with Crippen LogP contribution in [0, 0.1) is 0 Å². The summed E-state index contributed by atoms with van der Waals surface area (Å²) >= 11 is 0. The Labute approximate surface area is 196 Å². The van der Waals surface area contributed by atoms with Crippen LogP contribution in [0.2, 0.25) is 0 Å². The number of piperidine rings is 1. The lowest BCUT2D eigenvalue weighted by atomic mass is 9.91. The molecule has 0 radical (unpaired) electrons. The van der Waals surface area contributed by atoms with Gasteiger partial charge in [0.05, 0.1) is 25.1 Å². The van der Waals surface area contributed by atoms with Crippen LogP contribution in [0.25, 0.3) is 0 Å². The van der Waals surface area contributed by atoms with Gasteiger partial charge in [-0.15, -0.1) is 0 Å². The first-order valence-electron chi connectivity index (χ1n) is 10.9. The number of rotatable bonds is 5. The molecule has 8 nitrogen and oxygen atoms in total. The quantitative estimate of drug-likeness (QED) is 0.633. The van der Waals surface area contributed by atoms with Crippen LogP contribution in [-0.2, 0) is 10.0 Å². The van der Waals surface area contributed by atoms with E-state index in [0.717, 1.165) is 5.56 Å². The van der Waals surface area contributed by atoms with Crippen LogP contribution in [0.15, 0.2) is 47.6 Å².